The smallest absolute Gasteiger partial charge is 0.362 e. The van der Waals surface area contributed by atoms with Gasteiger partial charge in [0.1, 0.15) is 5.92 Å². The molecule has 3 unspecified atom stereocenters. The second kappa shape index (κ2) is 15.0. The van der Waals surface area contributed by atoms with Crippen molar-refractivity contribution in [1.82, 2.24) is 0 Å². The van der Waals surface area contributed by atoms with Crippen LogP contribution in [-0.4, -0.2) is 11.9 Å². The quantitative estimate of drug-likeness (QED) is 0.118. The summed E-state index contributed by atoms with van der Waals surface area (Å²) < 4.78 is 4.67. The third kappa shape index (κ3) is 10.8. The number of carbonyl (C=O) groups is 2. The van der Waals surface area contributed by atoms with Gasteiger partial charge in [0, 0.05) is 0 Å². The van der Waals surface area contributed by atoms with E-state index in [4.69, 9.17) is 0 Å². The number of ether oxygens (including phenoxy) is 1. The van der Waals surface area contributed by atoms with E-state index < -0.39 is 11.9 Å². The number of cyclic esters (lactones) is 2. The van der Waals surface area contributed by atoms with Gasteiger partial charge < -0.3 is 4.74 Å². The second-order valence-corrected chi connectivity index (χ2v) is 8.68. The van der Waals surface area contributed by atoms with E-state index in [1.165, 1.54) is 89.9 Å². The minimum absolute atomic E-state index is 0.320. The van der Waals surface area contributed by atoms with Gasteiger partial charge in [-0.2, -0.15) is 0 Å². The average Bonchev–Trinajstić information content (AvgIpc) is 2.88. The van der Waals surface area contributed by atoms with Gasteiger partial charge in [-0.15, -0.1) is 0 Å². The first-order valence-electron chi connectivity index (χ1n) is 11.6. The maximum atomic E-state index is 11.6. The molecule has 0 amide bonds. The fraction of sp³-hybridized carbons (Fsp3) is 0.875. The molecule has 3 atom stereocenters. The van der Waals surface area contributed by atoms with E-state index in [-0.39, 0.29) is 11.9 Å². The lowest BCUT2D eigenvalue weighted by Crippen LogP contribution is -2.18. The number of hydrogen-bond acceptors (Lipinski definition) is 3. The number of esters is 2. The third-order valence-electron chi connectivity index (χ3n) is 6.00. The highest BCUT2D eigenvalue weighted by molar-refractivity contribution is 5.96. The summed E-state index contributed by atoms with van der Waals surface area (Å²) in [4.78, 5) is 23.0. The van der Waals surface area contributed by atoms with Crippen LogP contribution in [0.3, 0.4) is 0 Å². The zero-order chi connectivity index (χ0) is 19.9. The molecule has 27 heavy (non-hydrogen) atoms. The lowest BCUT2D eigenvalue weighted by molar-refractivity contribution is -0.153. The molecule has 0 aliphatic carbocycles. The average molecular weight is 380 g/mol. The van der Waals surface area contributed by atoms with Crippen molar-refractivity contribution in [2.45, 2.75) is 117 Å². The summed E-state index contributed by atoms with van der Waals surface area (Å²) in [6, 6.07) is 0. The Morgan fingerprint density at radius 1 is 0.778 bits per heavy atom. The number of unbranched alkanes of at least 4 members (excludes halogenated alkanes) is 13. The van der Waals surface area contributed by atoms with Gasteiger partial charge in [-0.25, -0.2) is 4.79 Å². The van der Waals surface area contributed by atoms with Crippen LogP contribution in [-0.2, 0) is 14.3 Å². The highest BCUT2D eigenvalue weighted by atomic mass is 16.6. The van der Waals surface area contributed by atoms with Crippen LogP contribution in [0, 0.1) is 24.7 Å². The number of hydrogen-bond donors (Lipinski definition) is 0. The zero-order valence-electron chi connectivity index (χ0n) is 18.0. The Morgan fingerprint density at radius 2 is 1.22 bits per heavy atom. The van der Waals surface area contributed by atoms with Gasteiger partial charge in [-0.05, 0) is 12.3 Å². The molecule has 3 heteroatoms. The van der Waals surface area contributed by atoms with Crippen LogP contribution >= 0.6 is 0 Å². The number of rotatable bonds is 17. The summed E-state index contributed by atoms with van der Waals surface area (Å²) in [5.74, 6) is -1.19. The lowest BCUT2D eigenvalue weighted by atomic mass is 9.85. The molecule has 1 fully saturated rings. The molecule has 0 aromatic heterocycles. The van der Waals surface area contributed by atoms with Crippen molar-refractivity contribution in [3.63, 3.8) is 0 Å². The number of carbonyl (C=O) groups excluding carboxylic acids is 2. The molecule has 0 radical (unpaired) electrons. The minimum Gasteiger partial charge on any atom is -0.389 e. The fourth-order valence-corrected chi connectivity index (χ4v) is 4.08. The molecule has 1 saturated heterocycles. The highest BCUT2D eigenvalue weighted by Crippen LogP contribution is 2.30. The van der Waals surface area contributed by atoms with Gasteiger partial charge in [0.15, 0.2) is 0 Å². The van der Waals surface area contributed by atoms with Crippen molar-refractivity contribution in [2.24, 2.45) is 17.8 Å². The summed E-state index contributed by atoms with van der Waals surface area (Å²) in [7, 11) is 0. The standard InChI is InChI=1S/C24H43O3/c1-4-5-6-7-8-9-10-11-12-13-14-15-16-17-18-20(2)19-22-21(3)23(25)27-24(22)26/h20-22H,3-19H2,1-2H3/q+1. The van der Waals surface area contributed by atoms with E-state index in [9.17, 15) is 9.59 Å². The molecule has 0 saturated carbocycles. The molecule has 0 N–H and O–H groups in total. The van der Waals surface area contributed by atoms with Crippen molar-refractivity contribution < 1.29 is 14.3 Å². The first kappa shape index (κ1) is 24.0. The van der Waals surface area contributed by atoms with Crippen molar-refractivity contribution in [3.05, 3.63) is 6.92 Å². The van der Waals surface area contributed by atoms with Crippen LogP contribution in [0.1, 0.15) is 117 Å². The Morgan fingerprint density at radius 3 is 1.63 bits per heavy atom. The van der Waals surface area contributed by atoms with E-state index in [1.54, 1.807) is 0 Å². The molecular formula is C24H43O3+. The van der Waals surface area contributed by atoms with Crippen LogP contribution in [0.4, 0.5) is 0 Å². The fourth-order valence-electron chi connectivity index (χ4n) is 4.08. The van der Waals surface area contributed by atoms with Crippen LogP contribution in [0.2, 0.25) is 0 Å². The molecule has 1 aliphatic rings. The second-order valence-electron chi connectivity index (χ2n) is 8.68. The summed E-state index contributed by atoms with van der Waals surface area (Å²) in [6.45, 7) is 8.23. The predicted molar refractivity (Wildman–Crippen MR) is 112 cm³/mol. The van der Waals surface area contributed by atoms with Gasteiger partial charge in [-0.3, -0.25) is 4.79 Å². The molecular weight excluding hydrogens is 336 g/mol. The van der Waals surface area contributed by atoms with E-state index in [0.717, 1.165) is 12.8 Å². The van der Waals surface area contributed by atoms with E-state index >= 15 is 0 Å². The molecule has 1 rings (SSSR count). The largest absolute Gasteiger partial charge is 0.389 e. The van der Waals surface area contributed by atoms with Crippen molar-refractivity contribution >= 4 is 11.9 Å². The van der Waals surface area contributed by atoms with E-state index in [1.807, 2.05) is 0 Å². The summed E-state index contributed by atoms with van der Waals surface area (Å²) in [5.41, 5.74) is 0. The van der Waals surface area contributed by atoms with Gasteiger partial charge in [0.2, 0.25) is 5.92 Å². The van der Waals surface area contributed by atoms with Crippen LogP contribution < -0.4 is 0 Å². The Kier molecular flexibility index (Phi) is 13.4. The van der Waals surface area contributed by atoms with Gasteiger partial charge in [-0.1, -0.05) is 110 Å². The van der Waals surface area contributed by atoms with E-state index in [0.29, 0.717) is 5.92 Å². The first-order valence-corrected chi connectivity index (χ1v) is 11.6. The van der Waals surface area contributed by atoms with Crippen LogP contribution in [0.25, 0.3) is 0 Å². The molecule has 0 aromatic rings. The molecule has 1 aliphatic heterocycles. The summed E-state index contributed by atoms with van der Waals surface area (Å²) in [5, 5.41) is 0. The first-order chi connectivity index (χ1) is 13.1. The Bertz CT molecular complexity index is 404. The van der Waals surface area contributed by atoms with Gasteiger partial charge >= 0.3 is 11.9 Å². The van der Waals surface area contributed by atoms with Crippen molar-refractivity contribution in [2.75, 3.05) is 0 Å². The lowest BCUT2D eigenvalue weighted by Gasteiger charge is -2.13. The Balaban J connectivity index is 1.86. The normalized spacial score (nSPS) is 20.8. The minimum atomic E-state index is -0.503. The predicted octanol–water partition coefficient (Wildman–Crippen LogP) is 7.03. The maximum Gasteiger partial charge on any atom is 0.362 e. The topological polar surface area (TPSA) is 43.4 Å². The Labute approximate surface area is 168 Å². The molecule has 0 spiro atoms. The summed E-state index contributed by atoms with van der Waals surface area (Å²) >= 11 is 0. The molecule has 1 heterocycles. The zero-order valence-corrected chi connectivity index (χ0v) is 18.0. The molecule has 0 aromatic carbocycles. The van der Waals surface area contributed by atoms with Gasteiger partial charge in [0.05, 0.1) is 6.92 Å². The highest BCUT2D eigenvalue weighted by Gasteiger charge is 2.46. The van der Waals surface area contributed by atoms with Crippen molar-refractivity contribution in [3.8, 4) is 0 Å². The van der Waals surface area contributed by atoms with Crippen LogP contribution in [0.5, 0.6) is 0 Å². The van der Waals surface area contributed by atoms with Crippen molar-refractivity contribution in [1.29, 1.82) is 0 Å². The molecule has 0 bridgehead atoms. The molecule has 156 valence electrons. The maximum absolute atomic E-state index is 11.6. The summed E-state index contributed by atoms with van der Waals surface area (Å²) in [6.07, 6.45) is 21.1. The van der Waals surface area contributed by atoms with Crippen LogP contribution in [0.15, 0.2) is 0 Å². The Hall–Kier alpha value is -0.990. The van der Waals surface area contributed by atoms with Gasteiger partial charge in [0.25, 0.3) is 0 Å². The monoisotopic (exact) mass is 379 g/mol. The SMILES string of the molecule is [CH2+]C1C(=O)OC(=O)C1CC(C)CCCCCCCCCCCCCCCC. The van der Waals surface area contributed by atoms with E-state index in [2.05, 4.69) is 25.5 Å². The molecule has 3 nitrogen and oxygen atoms in total. The third-order valence-corrected chi connectivity index (χ3v) is 6.00.